The van der Waals surface area contributed by atoms with E-state index in [2.05, 4.69) is 15.1 Å². The van der Waals surface area contributed by atoms with Gasteiger partial charge in [0.05, 0.1) is 49.4 Å². The third kappa shape index (κ3) is 8.09. The summed E-state index contributed by atoms with van der Waals surface area (Å²) in [5, 5.41) is 3.65. The zero-order chi connectivity index (χ0) is 42.6. The fraction of sp³-hybridized carbons (Fsp3) is 0.522. The summed E-state index contributed by atoms with van der Waals surface area (Å²) in [6.07, 6.45) is -3.05. The number of aromatic nitrogens is 2. The summed E-state index contributed by atoms with van der Waals surface area (Å²) in [6, 6.07) is 16.5. The SMILES string of the molecule is COc1ccc(CN(Cc2ccc(OC)cc2)c2cc(C)c(C(F)(F)F)c(C3OCc4c(nc(OC[C@@]56CCCN5C[C@H](F)C6)nc4N4CC5CCC(C4)N5)C3C)c2F)cc1. The summed E-state index contributed by atoms with van der Waals surface area (Å²) in [6.45, 7) is 6.08. The van der Waals surface area contributed by atoms with Crippen molar-refractivity contribution < 1.29 is 40.9 Å². The first-order chi connectivity index (χ1) is 29.3. The zero-order valence-corrected chi connectivity index (χ0v) is 35.0. The molecular weight excluding hydrogens is 796 g/mol. The summed E-state index contributed by atoms with van der Waals surface area (Å²) in [5.41, 5.74) is 0.544. The number of alkyl halides is 4. The number of benzene rings is 3. The van der Waals surface area contributed by atoms with Crippen LogP contribution in [0.3, 0.4) is 0 Å². The van der Waals surface area contributed by atoms with Crippen LogP contribution in [0.4, 0.5) is 33.5 Å². The molecule has 6 heterocycles. The highest BCUT2D eigenvalue weighted by atomic mass is 19.4. The van der Waals surface area contributed by atoms with Gasteiger partial charge in [0.15, 0.2) is 5.82 Å². The third-order valence-corrected chi connectivity index (χ3v) is 13.5. The molecular formula is C46H53F5N6O4. The highest BCUT2D eigenvalue weighted by molar-refractivity contribution is 5.60. The van der Waals surface area contributed by atoms with Crippen LogP contribution >= 0.6 is 0 Å². The van der Waals surface area contributed by atoms with Gasteiger partial charge in [-0.15, -0.1) is 0 Å². The molecule has 4 fully saturated rings. The smallest absolute Gasteiger partial charge is 0.417 e. The zero-order valence-electron chi connectivity index (χ0n) is 35.0. The van der Waals surface area contributed by atoms with Gasteiger partial charge in [0.1, 0.15) is 30.1 Å². The molecule has 0 saturated carbocycles. The minimum atomic E-state index is -4.90. The first-order valence-electron chi connectivity index (χ1n) is 21.3. The van der Waals surface area contributed by atoms with E-state index in [1.54, 1.807) is 50.3 Å². The van der Waals surface area contributed by atoms with Gasteiger partial charge in [-0.2, -0.15) is 23.1 Å². The highest BCUT2D eigenvalue weighted by Gasteiger charge is 2.50. The van der Waals surface area contributed by atoms with Gasteiger partial charge in [-0.1, -0.05) is 31.2 Å². The van der Waals surface area contributed by atoms with Gasteiger partial charge in [0.25, 0.3) is 0 Å². The van der Waals surface area contributed by atoms with E-state index in [4.69, 9.17) is 28.9 Å². The number of hydrogen-bond acceptors (Lipinski definition) is 10. The molecule has 15 heteroatoms. The number of piperazine rings is 1. The Labute approximate surface area is 353 Å². The lowest BCUT2D eigenvalue weighted by Crippen LogP contribution is -2.52. The third-order valence-electron chi connectivity index (χ3n) is 13.5. The summed E-state index contributed by atoms with van der Waals surface area (Å²) < 4.78 is 102. The van der Waals surface area contributed by atoms with Crippen LogP contribution in [0.1, 0.15) is 90.1 Å². The average molecular weight is 849 g/mol. The number of anilines is 2. The number of ether oxygens (including phenoxy) is 4. The Morgan fingerprint density at radius 3 is 2.18 bits per heavy atom. The van der Waals surface area contributed by atoms with E-state index in [0.29, 0.717) is 54.6 Å². The van der Waals surface area contributed by atoms with Gasteiger partial charge in [0.2, 0.25) is 0 Å². The summed E-state index contributed by atoms with van der Waals surface area (Å²) in [5.74, 6) is 0.0603. The van der Waals surface area contributed by atoms with Crippen LogP contribution in [0.15, 0.2) is 54.6 Å². The van der Waals surface area contributed by atoms with Crippen molar-refractivity contribution in [2.75, 3.05) is 56.8 Å². The van der Waals surface area contributed by atoms with E-state index in [1.807, 2.05) is 24.3 Å². The molecule has 2 bridgehead atoms. The summed E-state index contributed by atoms with van der Waals surface area (Å²) in [4.78, 5) is 16.0. The monoisotopic (exact) mass is 848 g/mol. The predicted molar refractivity (Wildman–Crippen MR) is 221 cm³/mol. The molecule has 9 rings (SSSR count). The maximum absolute atomic E-state index is 17.7. The Morgan fingerprint density at radius 2 is 1.57 bits per heavy atom. The first-order valence-corrected chi connectivity index (χ1v) is 21.3. The molecule has 1 N–H and O–H groups in total. The van der Waals surface area contributed by atoms with Gasteiger partial charge in [-0.25, -0.2) is 8.78 Å². The topological polar surface area (TPSA) is 84.5 Å². The van der Waals surface area contributed by atoms with Crippen LogP contribution in [-0.2, 0) is 30.6 Å². The molecule has 0 spiro atoms. The summed E-state index contributed by atoms with van der Waals surface area (Å²) >= 11 is 0. The van der Waals surface area contributed by atoms with E-state index in [-0.39, 0.29) is 55.6 Å². The first kappa shape index (κ1) is 41.6. The lowest BCUT2D eigenvalue weighted by Gasteiger charge is -2.39. The molecule has 6 atom stereocenters. The Balaban J connectivity index is 1.12. The van der Waals surface area contributed by atoms with Crippen LogP contribution in [-0.4, -0.2) is 85.7 Å². The number of fused-ring (bicyclic) bond motifs is 4. The highest BCUT2D eigenvalue weighted by Crippen LogP contribution is 2.50. The summed E-state index contributed by atoms with van der Waals surface area (Å²) in [7, 11) is 3.13. The fourth-order valence-electron chi connectivity index (χ4n) is 10.5. The van der Waals surface area contributed by atoms with Crippen LogP contribution < -0.4 is 29.3 Å². The molecule has 10 nitrogen and oxygen atoms in total. The Morgan fingerprint density at radius 1 is 0.934 bits per heavy atom. The minimum Gasteiger partial charge on any atom is -0.497 e. The van der Waals surface area contributed by atoms with Gasteiger partial charge < -0.3 is 34.1 Å². The van der Waals surface area contributed by atoms with Crippen molar-refractivity contribution in [2.24, 2.45) is 0 Å². The van der Waals surface area contributed by atoms with E-state index >= 15 is 17.6 Å². The molecule has 5 aliphatic rings. The number of nitrogens with zero attached hydrogens (tertiary/aromatic N) is 5. The minimum absolute atomic E-state index is 0.0144. The molecule has 3 aromatic carbocycles. The maximum atomic E-state index is 17.7. The van der Waals surface area contributed by atoms with Gasteiger partial charge in [-0.3, -0.25) is 4.90 Å². The molecule has 61 heavy (non-hydrogen) atoms. The normalized spacial score (nSPS) is 26.0. The fourth-order valence-corrected chi connectivity index (χ4v) is 10.5. The Kier molecular flexibility index (Phi) is 11.3. The molecule has 5 aliphatic heterocycles. The molecule has 0 amide bonds. The number of halogens is 5. The second-order valence-electron chi connectivity index (χ2n) is 17.5. The molecule has 4 aromatic rings. The van der Waals surface area contributed by atoms with E-state index in [1.165, 1.54) is 13.0 Å². The molecule has 0 aliphatic carbocycles. The second kappa shape index (κ2) is 16.5. The Bertz CT molecular complexity index is 2170. The molecule has 4 unspecified atom stereocenters. The number of aryl methyl sites for hydroxylation is 1. The average Bonchev–Trinajstić information content (AvgIpc) is 3.90. The van der Waals surface area contributed by atoms with Crippen molar-refractivity contribution in [2.45, 2.75) is 108 Å². The molecule has 1 aromatic heterocycles. The second-order valence-corrected chi connectivity index (χ2v) is 17.5. The van der Waals surface area contributed by atoms with Crippen molar-refractivity contribution in [3.05, 3.63) is 99.5 Å². The van der Waals surface area contributed by atoms with Crippen molar-refractivity contribution in [3.8, 4) is 17.5 Å². The number of nitrogens with one attached hydrogen (secondary N) is 1. The van der Waals surface area contributed by atoms with Crippen molar-refractivity contribution in [1.29, 1.82) is 0 Å². The van der Waals surface area contributed by atoms with Crippen molar-refractivity contribution in [1.82, 2.24) is 20.2 Å². The lowest BCUT2D eigenvalue weighted by molar-refractivity contribution is -0.141. The molecule has 326 valence electrons. The van der Waals surface area contributed by atoms with E-state index < -0.39 is 46.9 Å². The molecule has 4 saturated heterocycles. The quantitative estimate of drug-likeness (QED) is 0.140. The van der Waals surface area contributed by atoms with E-state index in [9.17, 15) is 4.39 Å². The van der Waals surface area contributed by atoms with Crippen LogP contribution in [0.5, 0.6) is 17.5 Å². The maximum Gasteiger partial charge on any atom is 0.417 e. The van der Waals surface area contributed by atoms with Crippen LogP contribution in [0.2, 0.25) is 0 Å². The Hall–Kier alpha value is -4.73. The van der Waals surface area contributed by atoms with Crippen molar-refractivity contribution in [3.63, 3.8) is 0 Å². The standard InChI is InChI=1S/C46H53F5N6O4/c1-27-18-37(55(20-29-6-12-34(58-3)13-7-29)21-30-8-14-35(59-4)15-9-30)40(48)38(39(27)46(49,50)51)42-28(2)41-36(25-60-42)43(56-23-32-10-11-33(24-56)52-32)54-44(53-41)61-26-45-16-5-17-57(45)22-31(47)19-45/h6-9,12-15,18,28,31-33,42,52H,5,10-11,16-17,19-26H2,1-4H3/t28?,31-,32?,33?,42?,45+/m1/s1. The van der Waals surface area contributed by atoms with Gasteiger partial charge in [0, 0.05) is 68.3 Å². The largest absolute Gasteiger partial charge is 0.497 e. The van der Waals surface area contributed by atoms with Crippen LogP contribution in [0.25, 0.3) is 0 Å². The number of hydrogen-bond donors (Lipinski definition) is 1. The van der Waals surface area contributed by atoms with Crippen LogP contribution in [0, 0.1) is 12.7 Å². The predicted octanol–water partition coefficient (Wildman–Crippen LogP) is 8.44. The van der Waals surface area contributed by atoms with Gasteiger partial charge >= 0.3 is 12.2 Å². The molecule has 0 radical (unpaired) electrons. The van der Waals surface area contributed by atoms with Gasteiger partial charge in [-0.05, 0) is 86.2 Å². The van der Waals surface area contributed by atoms with Crippen molar-refractivity contribution >= 4 is 11.5 Å². The van der Waals surface area contributed by atoms with E-state index in [0.717, 1.165) is 43.4 Å². The lowest BCUT2D eigenvalue weighted by atomic mass is 9.84. The number of rotatable bonds is 12. The number of methoxy groups -OCH3 is 2.